The highest BCUT2D eigenvalue weighted by Gasteiger charge is 2.48. The van der Waals surface area contributed by atoms with Crippen molar-refractivity contribution in [2.45, 2.75) is 103 Å². The number of rotatable bonds is 7. The number of ketones is 1. The van der Waals surface area contributed by atoms with Gasteiger partial charge in [-0.15, -0.1) is 0 Å². The maximum absolute atomic E-state index is 12.1. The fourth-order valence-corrected chi connectivity index (χ4v) is 3.31. The van der Waals surface area contributed by atoms with Gasteiger partial charge in [0.05, 0.1) is 23.7 Å². The maximum Gasteiger partial charge on any atom is 0.306 e. The van der Waals surface area contributed by atoms with Gasteiger partial charge in [0.1, 0.15) is 6.10 Å². The third-order valence-electron chi connectivity index (χ3n) is 3.93. The molecule has 0 aromatic heterocycles. The summed E-state index contributed by atoms with van der Waals surface area (Å²) in [5.74, 6) is -2.09. The first-order valence-electron chi connectivity index (χ1n) is 8.56. The fraction of sp³-hybridized carbons (Fsp3) is 0.889. The van der Waals surface area contributed by atoms with Gasteiger partial charge in [0.2, 0.25) is 5.79 Å². The Labute approximate surface area is 144 Å². The molecule has 0 radical (unpaired) electrons. The number of ether oxygens (including phenoxy) is 3. The summed E-state index contributed by atoms with van der Waals surface area (Å²) in [5.41, 5.74) is -1.41. The van der Waals surface area contributed by atoms with Gasteiger partial charge in [0.15, 0.2) is 5.78 Å². The molecule has 1 aliphatic heterocycles. The van der Waals surface area contributed by atoms with Gasteiger partial charge in [-0.2, -0.15) is 0 Å². The van der Waals surface area contributed by atoms with Crippen LogP contribution in [0, 0.1) is 0 Å². The van der Waals surface area contributed by atoms with Gasteiger partial charge in [-0.1, -0.05) is 0 Å². The molecule has 1 aliphatic rings. The van der Waals surface area contributed by atoms with E-state index in [1.807, 2.05) is 20.8 Å². The lowest BCUT2D eigenvalue weighted by Crippen LogP contribution is -2.56. The Balaban J connectivity index is 2.67. The molecule has 0 saturated carbocycles. The molecular formula is C18H32O6. The van der Waals surface area contributed by atoms with Crippen molar-refractivity contribution in [3.63, 3.8) is 0 Å². The normalized spacial score (nSPS) is 28.2. The highest BCUT2D eigenvalue weighted by molar-refractivity contribution is 5.84. The lowest BCUT2D eigenvalue weighted by molar-refractivity contribution is -0.322. The minimum absolute atomic E-state index is 0.0125. The first-order chi connectivity index (χ1) is 10.7. The Hall–Kier alpha value is -0.980. The van der Waals surface area contributed by atoms with Gasteiger partial charge < -0.3 is 19.3 Å². The van der Waals surface area contributed by atoms with E-state index in [1.54, 1.807) is 20.8 Å². The molecule has 0 aliphatic carbocycles. The number of hydrogen-bond acceptors (Lipinski definition) is 6. The largest absolute Gasteiger partial charge is 0.463 e. The molecule has 1 rings (SSSR count). The van der Waals surface area contributed by atoms with E-state index in [0.29, 0.717) is 12.8 Å². The predicted molar refractivity (Wildman–Crippen MR) is 89.4 cm³/mol. The highest BCUT2D eigenvalue weighted by atomic mass is 16.7. The predicted octanol–water partition coefficient (Wildman–Crippen LogP) is 2.75. The quantitative estimate of drug-likeness (QED) is 0.715. The van der Waals surface area contributed by atoms with E-state index < -0.39 is 29.1 Å². The molecule has 0 bridgehead atoms. The highest BCUT2D eigenvalue weighted by Crippen LogP contribution is 2.37. The number of carbonyl (C=O) groups excluding carboxylic acids is 2. The molecule has 24 heavy (non-hydrogen) atoms. The summed E-state index contributed by atoms with van der Waals surface area (Å²) < 4.78 is 17.0. The summed E-state index contributed by atoms with van der Waals surface area (Å²) in [7, 11) is 0. The fourth-order valence-electron chi connectivity index (χ4n) is 3.31. The zero-order valence-corrected chi connectivity index (χ0v) is 16.0. The molecule has 6 nitrogen and oxygen atoms in total. The molecule has 1 fully saturated rings. The van der Waals surface area contributed by atoms with E-state index in [4.69, 9.17) is 14.2 Å². The summed E-state index contributed by atoms with van der Waals surface area (Å²) in [4.78, 5) is 24.2. The first-order valence-corrected chi connectivity index (χ1v) is 8.56. The second kappa shape index (κ2) is 7.50. The maximum atomic E-state index is 12.1. The van der Waals surface area contributed by atoms with Crippen molar-refractivity contribution in [2.24, 2.45) is 0 Å². The smallest absolute Gasteiger partial charge is 0.306 e. The van der Waals surface area contributed by atoms with Crippen LogP contribution in [-0.2, 0) is 23.8 Å². The third kappa shape index (κ3) is 6.49. The summed E-state index contributed by atoms with van der Waals surface area (Å²) in [5, 5.41) is 9.76. The monoisotopic (exact) mass is 344 g/mol. The van der Waals surface area contributed by atoms with E-state index in [2.05, 4.69) is 0 Å². The second-order valence-electron chi connectivity index (χ2n) is 8.12. The molecule has 3 atom stereocenters. The van der Waals surface area contributed by atoms with Crippen LogP contribution in [0.3, 0.4) is 0 Å². The van der Waals surface area contributed by atoms with Crippen molar-refractivity contribution in [1.29, 1.82) is 0 Å². The van der Waals surface area contributed by atoms with Crippen LogP contribution in [-0.4, -0.2) is 46.1 Å². The molecule has 1 heterocycles. The van der Waals surface area contributed by atoms with Crippen LogP contribution in [0.25, 0.3) is 0 Å². The minimum Gasteiger partial charge on any atom is -0.463 e. The summed E-state index contributed by atoms with van der Waals surface area (Å²) in [6.45, 7) is 12.2. The molecule has 3 unspecified atom stereocenters. The van der Waals surface area contributed by atoms with Crippen LogP contribution in [0.2, 0.25) is 0 Å². The zero-order valence-electron chi connectivity index (χ0n) is 16.0. The topological polar surface area (TPSA) is 82.1 Å². The average Bonchev–Trinajstić information content (AvgIpc) is 2.31. The van der Waals surface area contributed by atoms with Crippen molar-refractivity contribution in [2.75, 3.05) is 0 Å². The number of aliphatic hydroxyl groups is 1. The lowest BCUT2D eigenvalue weighted by atomic mass is 9.95. The van der Waals surface area contributed by atoms with Crippen LogP contribution in [0.15, 0.2) is 0 Å². The molecule has 0 spiro atoms. The summed E-state index contributed by atoms with van der Waals surface area (Å²) >= 11 is 0. The summed E-state index contributed by atoms with van der Waals surface area (Å²) in [6, 6.07) is 0. The number of carbonyl (C=O) groups is 2. The molecule has 1 saturated heterocycles. The molecule has 140 valence electrons. The Morgan fingerprint density at radius 1 is 1.38 bits per heavy atom. The van der Waals surface area contributed by atoms with Crippen molar-refractivity contribution in [1.82, 2.24) is 0 Å². The molecule has 6 heteroatoms. The molecule has 0 aromatic rings. The van der Waals surface area contributed by atoms with Gasteiger partial charge in [0, 0.05) is 26.2 Å². The van der Waals surface area contributed by atoms with E-state index in [-0.39, 0.29) is 24.7 Å². The number of hydrogen-bond donors (Lipinski definition) is 1. The van der Waals surface area contributed by atoms with Crippen LogP contribution < -0.4 is 0 Å². The van der Waals surface area contributed by atoms with Crippen LogP contribution >= 0.6 is 0 Å². The van der Waals surface area contributed by atoms with Crippen LogP contribution in [0.4, 0.5) is 0 Å². The van der Waals surface area contributed by atoms with E-state index in [9.17, 15) is 14.7 Å². The van der Waals surface area contributed by atoms with Crippen molar-refractivity contribution >= 4 is 11.8 Å². The number of esters is 1. The zero-order chi connectivity index (χ0) is 18.8. The van der Waals surface area contributed by atoms with Crippen molar-refractivity contribution in [3.05, 3.63) is 0 Å². The minimum atomic E-state index is -1.40. The van der Waals surface area contributed by atoms with E-state index in [0.717, 1.165) is 0 Å². The average molecular weight is 344 g/mol. The Morgan fingerprint density at radius 3 is 2.42 bits per heavy atom. The first kappa shape index (κ1) is 21.1. The molecule has 1 N–H and O–H groups in total. The van der Waals surface area contributed by atoms with Gasteiger partial charge >= 0.3 is 5.97 Å². The Morgan fingerprint density at radius 2 is 1.96 bits per heavy atom. The van der Waals surface area contributed by atoms with Gasteiger partial charge in [-0.3, -0.25) is 9.59 Å². The Kier molecular flexibility index (Phi) is 6.58. The lowest BCUT2D eigenvalue weighted by Gasteiger charge is -2.46. The summed E-state index contributed by atoms with van der Waals surface area (Å²) in [6.07, 6.45) is 0.600. The van der Waals surface area contributed by atoms with Crippen LogP contribution in [0.1, 0.15) is 74.1 Å². The number of Topliss-reactive ketones (excluding diaryl/α,β-unsaturated/α-hetero) is 1. The van der Waals surface area contributed by atoms with Gasteiger partial charge in [-0.05, 0) is 41.5 Å². The molecular weight excluding hydrogens is 312 g/mol. The van der Waals surface area contributed by atoms with Crippen LogP contribution in [0.5, 0.6) is 0 Å². The van der Waals surface area contributed by atoms with E-state index >= 15 is 0 Å². The third-order valence-corrected chi connectivity index (χ3v) is 3.93. The molecule has 0 aromatic carbocycles. The van der Waals surface area contributed by atoms with E-state index in [1.165, 1.54) is 6.92 Å². The van der Waals surface area contributed by atoms with Gasteiger partial charge in [0.25, 0.3) is 0 Å². The second-order valence-corrected chi connectivity index (χ2v) is 8.12. The van der Waals surface area contributed by atoms with Crippen molar-refractivity contribution in [3.8, 4) is 0 Å². The SMILES string of the molecule is CC(=O)C1(CCC(=O)OC(C)CC(C)(C)O)OC(C)CC(C)(C)O1. The standard InChI is InChI=1S/C18H32O6/c1-12(10-16(4,5)21)22-15(20)8-9-18(14(3)19)23-13(2)11-17(6,7)24-18/h12-13,21H,8-11H2,1-7H3. The molecule has 0 amide bonds. The van der Waals surface area contributed by atoms with Gasteiger partial charge in [-0.25, -0.2) is 0 Å². The van der Waals surface area contributed by atoms with Crippen molar-refractivity contribution < 1.29 is 28.9 Å². The Bertz CT molecular complexity index is 465.